The number of rotatable bonds is 6. The third-order valence-electron chi connectivity index (χ3n) is 4.01. The van der Waals surface area contributed by atoms with Crippen LogP contribution < -0.4 is 10.6 Å². The number of aryl methyl sites for hydroxylation is 1. The molecular weight excluding hydrogens is 332 g/mol. The van der Waals surface area contributed by atoms with Crippen LogP contribution >= 0.6 is 11.8 Å². The van der Waals surface area contributed by atoms with Gasteiger partial charge in [-0.25, -0.2) is 0 Å². The summed E-state index contributed by atoms with van der Waals surface area (Å²) in [6.45, 7) is 3.92. The highest BCUT2D eigenvalue weighted by Crippen LogP contribution is 2.25. The molecule has 2 aromatic carbocycles. The average molecular weight is 354 g/mol. The van der Waals surface area contributed by atoms with Crippen LogP contribution in [0.3, 0.4) is 0 Å². The van der Waals surface area contributed by atoms with Gasteiger partial charge in [0.2, 0.25) is 5.91 Å². The molecule has 1 fully saturated rings. The Labute approximate surface area is 152 Å². The van der Waals surface area contributed by atoms with Crippen LogP contribution in [0.5, 0.6) is 0 Å². The molecule has 0 unspecified atom stereocenters. The maximum absolute atomic E-state index is 12.4. The number of carbonyl (C=O) groups is 2. The number of benzene rings is 2. The summed E-state index contributed by atoms with van der Waals surface area (Å²) in [5.74, 6) is -0.161. The zero-order chi connectivity index (χ0) is 17.8. The number of hydrogen-bond acceptors (Lipinski definition) is 3. The fourth-order valence-electron chi connectivity index (χ4n) is 2.35. The first-order chi connectivity index (χ1) is 12.0. The number of anilines is 1. The van der Waals surface area contributed by atoms with Crippen LogP contribution in [-0.4, -0.2) is 23.1 Å². The molecule has 25 heavy (non-hydrogen) atoms. The highest BCUT2D eigenvalue weighted by molar-refractivity contribution is 8.00. The van der Waals surface area contributed by atoms with E-state index in [4.69, 9.17) is 0 Å². The molecule has 1 aliphatic carbocycles. The maximum Gasteiger partial charge on any atom is 0.251 e. The van der Waals surface area contributed by atoms with Gasteiger partial charge in [-0.3, -0.25) is 9.59 Å². The molecule has 2 aromatic rings. The molecule has 1 saturated carbocycles. The molecule has 0 bridgehead atoms. The fourth-order valence-corrected chi connectivity index (χ4v) is 3.22. The fraction of sp³-hybridized carbons (Fsp3) is 0.300. The van der Waals surface area contributed by atoms with Gasteiger partial charge in [0.25, 0.3) is 5.91 Å². The standard InChI is InChI=1S/C20H22N2O2S/c1-13-6-10-18(11-7-13)25-14(2)19(23)22-17-5-3-4-15(12-17)20(24)21-16-8-9-16/h3-7,10-12,14,16H,8-9H2,1-2H3,(H,21,24)(H,22,23)/t14-/m0/s1. The summed E-state index contributed by atoms with van der Waals surface area (Å²) >= 11 is 1.52. The average Bonchev–Trinajstić information content (AvgIpc) is 3.41. The first-order valence-electron chi connectivity index (χ1n) is 8.46. The first kappa shape index (κ1) is 17.5. The Hall–Kier alpha value is -2.27. The van der Waals surface area contributed by atoms with Crippen molar-refractivity contribution in [2.24, 2.45) is 0 Å². The molecule has 0 radical (unpaired) electrons. The Balaban J connectivity index is 1.59. The van der Waals surface area contributed by atoms with Crippen molar-refractivity contribution in [1.82, 2.24) is 5.32 Å². The number of hydrogen-bond donors (Lipinski definition) is 2. The molecular formula is C20H22N2O2S. The van der Waals surface area contributed by atoms with Gasteiger partial charge in [-0.15, -0.1) is 11.8 Å². The first-order valence-corrected chi connectivity index (χ1v) is 9.34. The predicted molar refractivity (Wildman–Crippen MR) is 102 cm³/mol. The molecule has 0 spiro atoms. The van der Waals surface area contributed by atoms with Crippen LogP contribution in [0, 0.1) is 6.92 Å². The second kappa shape index (κ2) is 7.74. The molecule has 2 N–H and O–H groups in total. The van der Waals surface area contributed by atoms with Gasteiger partial charge in [0.05, 0.1) is 5.25 Å². The van der Waals surface area contributed by atoms with E-state index < -0.39 is 0 Å². The Bertz CT molecular complexity index is 770. The largest absolute Gasteiger partial charge is 0.349 e. The smallest absolute Gasteiger partial charge is 0.251 e. The van der Waals surface area contributed by atoms with E-state index in [1.807, 2.05) is 38.1 Å². The molecule has 3 rings (SSSR count). The molecule has 0 aromatic heterocycles. The highest BCUT2D eigenvalue weighted by atomic mass is 32.2. The minimum absolute atomic E-state index is 0.0784. The van der Waals surface area contributed by atoms with Gasteiger partial charge in [0.1, 0.15) is 0 Å². The van der Waals surface area contributed by atoms with Crippen LogP contribution in [-0.2, 0) is 4.79 Å². The lowest BCUT2D eigenvalue weighted by atomic mass is 10.2. The Morgan fingerprint density at radius 1 is 1.12 bits per heavy atom. The van der Waals surface area contributed by atoms with Gasteiger partial charge in [0, 0.05) is 22.2 Å². The van der Waals surface area contributed by atoms with E-state index in [1.165, 1.54) is 17.3 Å². The molecule has 0 saturated heterocycles. The lowest BCUT2D eigenvalue weighted by molar-refractivity contribution is -0.115. The van der Waals surface area contributed by atoms with Crippen molar-refractivity contribution >= 4 is 29.3 Å². The van der Waals surface area contributed by atoms with Crippen LogP contribution in [0.1, 0.15) is 35.7 Å². The molecule has 1 atom stereocenters. The minimum Gasteiger partial charge on any atom is -0.349 e. The van der Waals surface area contributed by atoms with Crippen molar-refractivity contribution in [2.75, 3.05) is 5.32 Å². The van der Waals surface area contributed by atoms with Crippen molar-refractivity contribution < 1.29 is 9.59 Å². The van der Waals surface area contributed by atoms with E-state index >= 15 is 0 Å². The SMILES string of the molecule is Cc1ccc(S[C@@H](C)C(=O)Nc2cccc(C(=O)NC3CC3)c2)cc1. The molecule has 2 amide bonds. The van der Waals surface area contributed by atoms with Crippen molar-refractivity contribution in [3.63, 3.8) is 0 Å². The zero-order valence-corrected chi connectivity index (χ0v) is 15.2. The maximum atomic E-state index is 12.4. The molecule has 0 heterocycles. The molecule has 5 heteroatoms. The second-order valence-electron chi connectivity index (χ2n) is 6.39. The zero-order valence-electron chi connectivity index (χ0n) is 14.4. The monoisotopic (exact) mass is 354 g/mol. The Morgan fingerprint density at radius 2 is 1.84 bits per heavy atom. The molecule has 0 aliphatic heterocycles. The van der Waals surface area contributed by atoms with Crippen molar-refractivity contribution in [2.45, 2.75) is 42.9 Å². The van der Waals surface area contributed by atoms with Gasteiger partial charge in [0.15, 0.2) is 0 Å². The van der Waals surface area contributed by atoms with Gasteiger partial charge >= 0.3 is 0 Å². The summed E-state index contributed by atoms with van der Waals surface area (Å²) in [5, 5.41) is 5.62. The molecule has 4 nitrogen and oxygen atoms in total. The van der Waals surface area contributed by atoms with Crippen LogP contribution in [0.25, 0.3) is 0 Å². The van der Waals surface area contributed by atoms with Gasteiger partial charge in [-0.2, -0.15) is 0 Å². The van der Waals surface area contributed by atoms with Crippen molar-refractivity contribution in [1.29, 1.82) is 0 Å². The number of carbonyl (C=O) groups excluding carboxylic acids is 2. The van der Waals surface area contributed by atoms with E-state index in [1.54, 1.807) is 24.3 Å². The summed E-state index contributed by atoms with van der Waals surface area (Å²) in [4.78, 5) is 25.6. The lowest BCUT2D eigenvalue weighted by Gasteiger charge is -2.13. The van der Waals surface area contributed by atoms with Crippen LogP contribution in [0.4, 0.5) is 5.69 Å². The Kier molecular flexibility index (Phi) is 5.43. The number of nitrogens with one attached hydrogen (secondary N) is 2. The molecule has 1 aliphatic rings. The van der Waals surface area contributed by atoms with E-state index in [0.717, 1.165) is 17.7 Å². The van der Waals surface area contributed by atoms with E-state index in [0.29, 0.717) is 17.3 Å². The normalized spacial score (nSPS) is 14.6. The van der Waals surface area contributed by atoms with E-state index in [9.17, 15) is 9.59 Å². The predicted octanol–water partition coefficient (Wildman–Crippen LogP) is 4.01. The summed E-state index contributed by atoms with van der Waals surface area (Å²) in [6.07, 6.45) is 2.10. The van der Waals surface area contributed by atoms with Gasteiger partial charge in [-0.05, 0) is 57.0 Å². The van der Waals surface area contributed by atoms with Crippen molar-refractivity contribution in [3.8, 4) is 0 Å². The van der Waals surface area contributed by atoms with Crippen molar-refractivity contribution in [3.05, 3.63) is 59.7 Å². The van der Waals surface area contributed by atoms with E-state index in [2.05, 4.69) is 10.6 Å². The third kappa shape index (κ3) is 5.10. The van der Waals surface area contributed by atoms with Gasteiger partial charge in [-0.1, -0.05) is 23.8 Å². The summed E-state index contributed by atoms with van der Waals surface area (Å²) in [6, 6.07) is 15.5. The quantitative estimate of drug-likeness (QED) is 0.771. The van der Waals surface area contributed by atoms with Crippen LogP contribution in [0.2, 0.25) is 0 Å². The molecule has 130 valence electrons. The summed E-state index contributed by atoms with van der Waals surface area (Å²) in [5.41, 5.74) is 2.41. The van der Waals surface area contributed by atoms with Crippen LogP contribution in [0.15, 0.2) is 53.4 Å². The van der Waals surface area contributed by atoms with E-state index in [-0.39, 0.29) is 17.1 Å². The lowest BCUT2D eigenvalue weighted by Crippen LogP contribution is -2.26. The van der Waals surface area contributed by atoms with Gasteiger partial charge < -0.3 is 10.6 Å². The minimum atomic E-state index is -0.230. The summed E-state index contributed by atoms with van der Waals surface area (Å²) in [7, 11) is 0. The topological polar surface area (TPSA) is 58.2 Å². The summed E-state index contributed by atoms with van der Waals surface area (Å²) < 4.78 is 0. The number of amides is 2. The number of thioether (sulfide) groups is 1. The third-order valence-corrected chi connectivity index (χ3v) is 5.12. The second-order valence-corrected chi connectivity index (χ2v) is 7.81. The highest BCUT2D eigenvalue weighted by Gasteiger charge is 2.24. The Morgan fingerprint density at radius 3 is 2.52 bits per heavy atom.